The Kier molecular flexibility index (Phi) is 7.42. The zero-order chi connectivity index (χ0) is 23.1. The van der Waals surface area contributed by atoms with Gasteiger partial charge in [0.2, 0.25) is 0 Å². The van der Waals surface area contributed by atoms with Gasteiger partial charge in [0.15, 0.2) is 6.29 Å². The van der Waals surface area contributed by atoms with E-state index in [1.165, 1.54) is 0 Å². The summed E-state index contributed by atoms with van der Waals surface area (Å²) in [5, 5.41) is 12.1. The number of nitrogens with zero attached hydrogens (tertiary/aromatic N) is 3. The molecule has 0 bridgehead atoms. The van der Waals surface area contributed by atoms with E-state index in [1.807, 2.05) is 30.1 Å². The first-order valence-electron chi connectivity index (χ1n) is 10.2. The van der Waals surface area contributed by atoms with Crippen LogP contribution in [-0.2, 0) is 0 Å². The number of hydrogen-bond acceptors (Lipinski definition) is 6. The number of halogens is 2. The molecule has 0 spiro atoms. The van der Waals surface area contributed by atoms with E-state index < -0.39 is 5.92 Å². The van der Waals surface area contributed by atoms with Crippen LogP contribution >= 0.6 is 0 Å². The van der Waals surface area contributed by atoms with E-state index in [9.17, 15) is 18.4 Å². The minimum atomic E-state index is -2.38. The lowest BCUT2D eigenvalue weighted by Crippen LogP contribution is -2.36. The molecule has 2 N–H and O–H groups in total. The molecule has 1 saturated heterocycles. The lowest BCUT2D eigenvalue weighted by Gasteiger charge is -2.28. The molecular formula is C23H25F2N5O2. The molecule has 1 aliphatic rings. The van der Waals surface area contributed by atoms with Crippen LogP contribution in [0.25, 0.3) is 22.2 Å². The quantitative estimate of drug-likeness (QED) is 0.358. The van der Waals surface area contributed by atoms with Crippen LogP contribution in [0.1, 0.15) is 39.1 Å². The number of aromatic amines is 1. The second-order valence-electron chi connectivity index (χ2n) is 7.60. The number of carbonyl (C=O) groups is 2. The number of hydrazone groups is 1. The van der Waals surface area contributed by atoms with Crippen LogP contribution in [0.15, 0.2) is 41.5 Å². The number of aromatic nitrogens is 2. The lowest BCUT2D eigenvalue weighted by molar-refractivity contribution is -0.0504. The minimum Gasteiger partial charge on any atom is -0.313 e. The molecular weight excluding hydrogens is 416 g/mol. The number of alkyl halides is 2. The number of rotatable bonds is 5. The summed E-state index contributed by atoms with van der Waals surface area (Å²) in [6, 6.07) is 10.8. The maximum Gasteiger partial charge on any atom is 0.250 e. The van der Waals surface area contributed by atoms with Crippen molar-refractivity contribution < 1.29 is 18.4 Å². The van der Waals surface area contributed by atoms with E-state index in [-0.39, 0.29) is 12.8 Å². The normalized spacial score (nSPS) is 15.9. The molecule has 1 aliphatic heterocycles. The van der Waals surface area contributed by atoms with Crippen LogP contribution in [0.2, 0.25) is 0 Å². The zero-order valence-electron chi connectivity index (χ0n) is 17.9. The largest absolute Gasteiger partial charge is 0.313 e. The Balaban J connectivity index is 0.000000269. The van der Waals surface area contributed by atoms with Crippen molar-refractivity contribution in [3.8, 4) is 11.3 Å². The maximum absolute atomic E-state index is 12.4. The second-order valence-corrected chi connectivity index (χ2v) is 7.60. The van der Waals surface area contributed by atoms with Gasteiger partial charge in [-0.05, 0) is 25.2 Å². The molecule has 7 nitrogen and oxygen atoms in total. The third kappa shape index (κ3) is 5.61. The maximum atomic E-state index is 12.4. The topological polar surface area (TPSA) is 90.5 Å². The number of carbonyl (C=O) groups excluding carboxylic acids is 2. The highest BCUT2D eigenvalue weighted by molar-refractivity contribution is 5.98. The van der Waals surface area contributed by atoms with Crippen molar-refractivity contribution in [2.24, 2.45) is 5.10 Å². The highest BCUT2D eigenvalue weighted by Gasteiger charge is 2.32. The molecule has 0 amide bonds. The van der Waals surface area contributed by atoms with Gasteiger partial charge in [-0.25, -0.2) is 8.78 Å². The second kappa shape index (κ2) is 10.2. The van der Waals surface area contributed by atoms with Crippen molar-refractivity contribution >= 4 is 29.7 Å². The van der Waals surface area contributed by atoms with Crippen LogP contribution in [0.3, 0.4) is 0 Å². The number of piperidine rings is 1. The molecule has 0 aliphatic carbocycles. The van der Waals surface area contributed by atoms with Gasteiger partial charge >= 0.3 is 0 Å². The summed E-state index contributed by atoms with van der Waals surface area (Å²) in [4.78, 5) is 23.9. The van der Waals surface area contributed by atoms with Crippen molar-refractivity contribution in [1.29, 1.82) is 0 Å². The molecule has 0 radical (unpaired) electrons. The fourth-order valence-electron chi connectivity index (χ4n) is 3.35. The number of H-pyrrole nitrogens is 1. The molecule has 4 rings (SSSR count). The first-order chi connectivity index (χ1) is 15.4. The van der Waals surface area contributed by atoms with Crippen molar-refractivity contribution in [3.05, 3.63) is 53.1 Å². The van der Waals surface area contributed by atoms with E-state index >= 15 is 0 Å². The van der Waals surface area contributed by atoms with E-state index in [1.54, 1.807) is 31.5 Å². The predicted octanol–water partition coefficient (Wildman–Crippen LogP) is 3.76. The van der Waals surface area contributed by atoms with Crippen LogP contribution in [0, 0.1) is 0 Å². The fourth-order valence-corrected chi connectivity index (χ4v) is 3.35. The standard InChI is InChI=1S/C17H14N4O2.C6H11F2N/c1-18-19-8-14-7-12(3-4-13(14)10-23)17-15-5-2-11(9-22)6-16(15)20-21-17;1-9-4-2-6(7,8)3-5-9/h2-10,18H,1H3,(H,20,21);2-5H2,1H3/b19-8-;. The number of likely N-dealkylation sites (tertiary alicyclic amines) is 1. The minimum absolute atomic E-state index is 0.0312. The Morgan fingerprint density at radius 2 is 1.84 bits per heavy atom. The Labute approximate surface area is 184 Å². The number of benzene rings is 2. The van der Waals surface area contributed by atoms with Crippen LogP contribution in [0.4, 0.5) is 8.78 Å². The van der Waals surface area contributed by atoms with Gasteiger partial charge in [-0.2, -0.15) is 10.2 Å². The summed E-state index contributed by atoms with van der Waals surface area (Å²) in [7, 11) is 3.56. The molecule has 1 aromatic heterocycles. The monoisotopic (exact) mass is 441 g/mol. The smallest absolute Gasteiger partial charge is 0.250 e. The number of nitrogens with one attached hydrogen (secondary N) is 2. The molecule has 1 fully saturated rings. The third-order valence-corrected chi connectivity index (χ3v) is 5.26. The van der Waals surface area contributed by atoms with Crippen LogP contribution in [0.5, 0.6) is 0 Å². The molecule has 9 heteroatoms. The summed E-state index contributed by atoms with van der Waals surface area (Å²) in [5.74, 6) is -2.38. The van der Waals surface area contributed by atoms with Gasteiger partial charge < -0.3 is 10.3 Å². The van der Waals surface area contributed by atoms with Crippen molar-refractivity contribution in [1.82, 2.24) is 20.5 Å². The SMILES string of the molecule is CN/N=C\c1cc(-c2n[nH]c3cc(C=O)ccc23)ccc1C=O.CN1CCC(F)(F)CC1. The third-order valence-electron chi connectivity index (χ3n) is 5.26. The average Bonchev–Trinajstić information content (AvgIpc) is 3.23. The fraction of sp³-hybridized carbons (Fsp3) is 0.304. The Morgan fingerprint density at radius 3 is 2.47 bits per heavy atom. The Morgan fingerprint density at radius 1 is 1.09 bits per heavy atom. The molecule has 0 atom stereocenters. The number of hydrogen-bond donors (Lipinski definition) is 2. The van der Waals surface area contributed by atoms with Gasteiger partial charge in [0, 0.05) is 60.6 Å². The Bertz CT molecular complexity index is 1120. The van der Waals surface area contributed by atoms with E-state index in [4.69, 9.17) is 0 Å². The first kappa shape index (κ1) is 23.2. The van der Waals surface area contributed by atoms with Gasteiger partial charge in [0.25, 0.3) is 5.92 Å². The molecule has 168 valence electrons. The highest BCUT2D eigenvalue weighted by atomic mass is 19.3. The van der Waals surface area contributed by atoms with Gasteiger partial charge in [-0.15, -0.1) is 0 Å². The lowest BCUT2D eigenvalue weighted by atomic mass is 10.0. The Hall–Kier alpha value is -3.46. The summed E-state index contributed by atoms with van der Waals surface area (Å²) >= 11 is 0. The van der Waals surface area contributed by atoms with Crippen molar-refractivity contribution in [2.75, 3.05) is 27.2 Å². The van der Waals surface area contributed by atoms with Gasteiger partial charge in [-0.3, -0.25) is 14.7 Å². The zero-order valence-corrected chi connectivity index (χ0v) is 17.9. The average molecular weight is 441 g/mol. The summed E-state index contributed by atoms with van der Waals surface area (Å²) in [6.45, 7) is 1.07. The number of fused-ring (bicyclic) bond motifs is 1. The first-order valence-corrected chi connectivity index (χ1v) is 10.2. The van der Waals surface area contributed by atoms with Gasteiger partial charge in [-0.1, -0.05) is 18.2 Å². The van der Waals surface area contributed by atoms with E-state index in [0.29, 0.717) is 29.8 Å². The predicted molar refractivity (Wildman–Crippen MR) is 121 cm³/mol. The molecule has 3 aromatic rings. The van der Waals surface area contributed by atoms with Gasteiger partial charge in [0.05, 0.1) is 17.4 Å². The molecule has 0 saturated carbocycles. The van der Waals surface area contributed by atoms with Crippen LogP contribution < -0.4 is 5.43 Å². The summed E-state index contributed by atoms with van der Waals surface area (Å²) in [6.07, 6.45) is 3.24. The molecule has 2 heterocycles. The molecule has 0 unspecified atom stereocenters. The molecule has 32 heavy (non-hydrogen) atoms. The van der Waals surface area contributed by atoms with Crippen molar-refractivity contribution in [2.45, 2.75) is 18.8 Å². The van der Waals surface area contributed by atoms with E-state index in [0.717, 1.165) is 34.7 Å². The van der Waals surface area contributed by atoms with Crippen LogP contribution in [-0.4, -0.2) is 67.0 Å². The summed E-state index contributed by atoms with van der Waals surface area (Å²) < 4.78 is 24.7. The van der Waals surface area contributed by atoms with Crippen molar-refractivity contribution in [3.63, 3.8) is 0 Å². The summed E-state index contributed by atoms with van der Waals surface area (Å²) in [5.41, 5.74) is 6.91. The number of aldehydes is 2. The molecule has 2 aromatic carbocycles. The van der Waals surface area contributed by atoms with E-state index in [2.05, 4.69) is 20.7 Å². The van der Waals surface area contributed by atoms with Gasteiger partial charge in [0.1, 0.15) is 6.29 Å². The highest BCUT2D eigenvalue weighted by Crippen LogP contribution is 2.28.